The van der Waals surface area contributed by atoms with Gasteiger partial charge in [0.2, 0.25) is 5.91 Å². The average molecular weight is 332 g/mol. The van der Waals surface area contributed by atoms with Crippen LogP contribution in [0.5, 0.6) is 0 Å². The van der Waals surface area contributed by atoms with E-state index in [1.165, 1.54) is 6.33 Å². The summed E-state index contributed by atoms with van der Waals surface area (Å²) in [5.41, 5.74) is 0.120. The van der Waals surface area contributed by atoms with Crippen molar-refractivity contribution in [1.29, 1.82) is 0 Å². The molecule has 3 atom stereocenters. The van der Waals surface area contributed by atoms with E-state index in [0.717, 1.165) is 6.42 Å². The van der Waals surface area contributed by atoms with Crippen molar-refractivity contribution in [3.05, 3.63) is 16.6 Å². The molecule has 8 heteroatoms. The second-order valence-electron chi connectivity index (χ2n) is 5.12. The number of rotatable bonds is 4. The first-order valence-electron chi connectivity index (χ1n) is 6.63. The molecule has 0 saturated heterocycles. The lowest BCUT2D eigenvalue weighted by Gasteiger charge is -2.16. The number of carbonyl (C=O) groups is 2. The highest BCUT2D eigenvalue weighted by Crippen LogP contribution is 2.39. The van der Waals surface area contributed by atoms with Crippen molar-refractivity contribution in [2.24, 2.45) is 17.8 Å². The SMILES string of the molecule is CCC1C[C@H](C(=O)Nc2c(Cl)ncnc2Cl)[C@H](C(=O)O)C1. The maximum absolute atomic E-state index is 12.3. The number of aromatic nitrogens is 2. The molecular weight excluding hydrogens is 317 g/mol. The Kier molecular flexibility index (Phi) is 5.00. The van der Waals surface area contributed by atoms with E-state index in [0.29, 0.717) is 12.8 Å². The molecule has 114 valence electrons. The van der Waals surface area contributed by atoms with Gasteiger partial charge in [0.25, 0.3) is 0 Å². The lowest BCUT2D eigenvalue weighted by atomic mass is 9.95. The first kappa shape index (κ1) is 16.0. The zero-order chi connectivity index (χ0) is 15.6. The summed E-state index contributed by atoms with van der Waals surface area (Å²) < 4.78 is 0. The molecule has 1 aliphatic carbocycles. The van der Waals surface area contributed by atoms with Crippen LogP contribution in [0.25, 0.3) is 0 Å². The van der Waals surface area contributed by atoms with Gasteiger partial charge in [-0.1, -0.05) is 36.5 Å². The number of hydrogen-bond donors (Lipinski definition) is 2. The Morgan fingerprint density at radius 3 is 2.38 bits per heavy atom. The number of carbonyl (C=O) groups excluding carboxylic acids is 1. The van der Waals surface area contributed by atoms with Crippen LogP contribution in [0.3, 0.4) is 0 Å². The van der Waals surface area contributed by atoms with Gasteiger partial charge in [-0.3, -0.25) is 9.59 Å². The van der Waals surface area contributed by atoms with E-state index in [-0.39, 0.29) is 21.9 Å². The van der Waals surface area contributed by atoms with Crippen molar-refractivity contribution in [3.8, 4) is 0 Å². The summed E-state index contributed by atoms with van der Waals surface area (Å²) in [6.45, 7) is 1.99. The van der Waals surface area contributed by atoms with Gasteiger partial charge in [0.1, 0.15) is 12.0 Å². The van der Waals surface area contributed by atoms with Crippen LogP contribution < -0.4 is 5.32 Å². The van der Waals surface area contributed by atoms with Crippen LogP contribution in [0.4, 0.5) is 5.69 Å². The van der Waals surface area contributed by atoms with Crippen molar-refractivity contribution < 1.29 is 14.7 Å². The largest absolute Gasteiger partial charge is 0.481 e. The fourth-order valence-electron chi connectivity index (χ4n) is 2.70. The number of aliphatic carboxylic acids is 1. The smallest absolute Gasteiger partial charge is 0.307 e. The van der Waals surface area contributed by atoms with Gasteiger partial charge in [-0.05, 0) is 18.8 Å². The third kappa shape index (κ3) is 3.44. The molecule has 1 amide bonds. The van der Waals surface area contributed by atoms with Crippen LogP contribution in [0.15, 0.2) is 6.33 Å². The number of carboxylic acids is 1. The van der Waals surface area contributed by atoms with E-state index in [1.807, 2.05) is 6.92 Å². The predicted octanol–water partition coefficient (Wildman–Crippen LogP) is 2.86. The second kappa shape index (κ2) is 6.58. The molecule has 1 aliphatic rings. The molecule has 1 aromatic rings. The number of hydrogen-bond acceptors (Lipinski definition) is 4. The van der Waals surface area contributed by atoms with E-state index >= 15 is 0 Å². The maximum atomic E-state index is 12.3. The average Bonchev–Trinajstić information content (AvgIpc) is 2.87. The van der Waals surface area contributed by atoms with Crippen LogP contribution in [0, 0.1) is 17.8 Å². The molecule has 2 N–H and O–H groups in total. The molecule has 21 heavy (non-hydrogen) atoms. The van der Waals surface area contributed by atoms with Crippen molar-refractivity contribution in [2.75, 3.05) is 5.32 Å². The number of amides is 1. The van der Waals surface area contributed by atoms with Gasteiger partial charge in [-0.15, -0.1) is 0 Å². The van der Waals surface area contributed by atoms with Crippen LogP contribution in [0.1, 0.15) is 26.2 Å². The number of carboxylic acid groups (broad SMARTS) is 1. The first-order chi connectivity index (χ1) is 9.93. The summed E-state index contributed by atoms with van der Waals surface area (Å²) in [6.07, 6.45) is 3.09. The van der Waals surface area contributed by atoms with E-state index < -0.39 is 23.7 Å². The van der Waals surface area contributed by atoms with Gasteiger partial charge in [0.15, 0.2) is 10.3 Å². The molecule has 0 spiro atoms. The Morgan fingerprint density at radius 2 is 1.86 bits per heavy atom. The minimum absolute atomic E-state index is 0.0280. The van der Waals surface area contributed by atoms with Crippen LogP contribution in [0.2, 0.25) is 10.3 Å². The quantitative estimate of drug-likeness (QED) is 0.827. The normalized spacial score (nSPS) is 24.8. The van der Waals surface area contributed by atoms with E-state index in [4.69, 9.17) is 23.2 Å². The Labute approximate surface area is 131 Å². The van der Waals surface area contributed by atoms with Crippen LogP contribution in [-0.4, -0.2) is 27.0 Å². The predicted molar refractivity (Wildman–Crippen MR) is 78.3 cm³/mol. The zero-order valence-corrected chi connectivity index (χ0v) is 12.9. The Morgan fingerprint density at radius 1 is 1.29 bits per heavy atom. The molecule has 0 bridgehead atoms. The molecule has 1 aromatic heterocycles. The van der Waals surface area contributed by atoms with E-state index in [2.05, 4.69) is 15.3 Å². The highest BCUT2D eigenvalue weighted by Gasteiger charge is 2.42. The van der Waals surface area contributed by atoms with Gasteiger partial charge in [0, 0.05) is 0 Å². The summed E-state index contributed by atoms with van der Waals surface area (Å²) in [5.74, 6) is -2.40. The summed E-state index contributed by atoms with van der Waals surface area (Å²) >= 11 is 11.7. The highest BCUT2D eigenvalue weighted by atomic mass is 35.5. The summed E-state index contributed by atoms with van der Waals surface area (Å²) in [6, 6.07) is 0. The van der Waals surface area contributed by atoms with Crippen molar-refractivity contribution >= 4 is 40.8 Å². The summed E-state index contributed by atoms with van der Waals surface area (Å²) in [4.78, 5) is 31.1. The Balaban J connectivity index is 2.17. The fraction of sp³-hybridized carbons (Fsp3) is 0.538. The molecule has 2 rings (SSSR count). The monoisotopic (exact) mass is 331 g/mol. The first-order valence-corrected chi connectivity index (χ1v) is 7.39. The van der Waals surface area contributed by atoms with E-state index in [9.17, 15) is 14.7 Å². The third-order valence-electron chi connectivity index (χ3n) is 3.89. The molecule has 1 saturated carbocycles. The highest BCUT2D eigenvalue weighted by molar-refractivity contribution is 6.38. The number of nitrogens with one attached hydrogen (secondary N) is 1. The fourth-order valence-corrected chi connectivity index (χ4v) is 3.11. The Hall–Kier alpha value is -1.40. The van der Waals surface area contributed by atoms with Crippen molar-refractivity contribution in [1.82, 2.24) is 9.97 Å². The number of nitrogens with zero attached hydrogens (tertiary/aromatic N) is 2. The molecule has 0 radical (unpaired) electrons. The third-order valence-corrected chi connectivity index (χ3v) is 4.47. The molecule has 0 aromatic carbocycles. The molecule has 6 nitrogen and oxygen atoms in total. The molecule has 1 fully saturated rings. The zero-order valence-electron chi connectivity index (χ0n) is 11.3. The second-order valence-corrected chi connectivity index (χ2v) is 5.83. The molecular formula is C13H15Cl2N3O3. The maximum Gasteiger partial charge on any atom is 0.307 e. The molecule has 1 heterocycles. The number of halogens is 2. The van der Waals surface area contributed by atoms with Crippen molar-refractivity contribution in [3.63, 3.8) is 0 Å². The van der Waals surface area contributed by atoms with Gasteiger partial charge >= 0.3 is 5.97 Å². The molecule has 0 aliphatic heterocycles. The Bertz CT molecular complexity index is 547. The van der Waals surface area contributed by atoms with Gasteiger partial charge in [0.05, 0.1) is 11.8 Å². The van der Waals surface area contributed by atoms with Gasteiger partial charge in [-0.2, -0.15) is 0 Å². The standard InChI is InChI=1S/C13H15Cl2N3O3/c1-2-6-3-7(8(4-6)13(20)21)12(19)18-9-10(14)16-5-17-11(9)15/h5-8H,2-4H2,1H3,(H,18,19)(H,20,21)/t6?,7-,8+/m0/s1. The summed E-state index contributed by atoms with van der Waals surface area (Å²) in [5, 5.41) is 11.9. The topological polar surface area (TPSA) is 92.2 Å². The number of anilines is 1. The molecule has 1 unspecified atom stereocenters. The summed E-state index contributed by atoms with van der Waals surface area (Å²) in [7, 11) is 0. The van der Waals surface area contributed by atoms with E-state index in [1.54, 1.807) is 0 Å². The minimum atomic E-state index is -0.951. The minimum Gasteiger partial charge on any atom is -0.481 e. The van der Waals surface area contributed by atoms with Crippen molar-refractivity contribution in [2.45, 2.75) is 26.2 Å². The van der Waals surface area contributed by atoms with Crippen LogP contribution in [-0.2, 0) is 9.59 Å². The van der Waals surface area contributed by atoms with Crippen LogP contribution >= 0.6 is 23.2 Å². The lowest BCUT2D eigenvalue weighted by Crippen LogP contribution is -2.30. The van der Waals surface area contributed by atoms with Gasteiger partial charge < -0.3 is 10.4 Å². The lowest BCUT2D eigenvalue weighted by molar-refractivity contribution is -0.145. The van der Waals surface area contributed by atoms with Gasteiger partial charge in [-0.25, -0.2) is 9.97 Å².